The van der Waals surface area contributed by atoms with Gasteiger partial charge in [0.15, 0.2) is 0 Å². The number of fused-ring (bicyclic) bond motifs is 1. The predicted molar refractivity (Wildman–Crippen MR) is 70.7 cm³/mol. The molecule has 1 aromatic carbocycles. The summed E-state index contributed by atoms with van der Waals surface area (Å²) in [4.78, 5) is 0. The molecule has 3 N–H and O–H groups in total. The van der Waals surface area contributed by atoms with Crippen LogP contribution in [0.25, 0.3) is 10.1 Å². The molecule has 84 valence electrons. The molecule has 1 aliphatic carbocycles. The minimum atomic E-state index is 0.753. The average Bonchev–Trinajstić information content (AvgIpc) is 2.58. The van der Waals surface area contributed by atoms with Crippen LogP contribution in [0.2, 0.25) is 0 Å². The third-order valence-electron chi connectivity index (χ3n) is 3.37. The van der Waals surface area contributed by atoms with Gasteiger partial charge in [0.25, 0.3) is 0 Å². The van der Waals surface area contributed by atoms with Crippen LogP contribution in [-0.2, 0) is 6.54 Å². The molecule has 0 bridgehead atoms. The second kappa shape index (κ2) is 4.07. The smallest absolute Gasteiger partial charge is 0.0366 e. The van der Waals surface area contributed by atoms with E-state index in [1.807, 2.05) is 6.07 Å². The zero-order valence-corrected chi connectivity index (χ0v) is 10.0. The van der Waals surface area contributed by atoms with Gasteiger partial charge in [0.05, 0.1) is 0 Å². The molecular weight excluding hydrogens is 216 g/mol. The van der Waals surface area contributed by atoms with E-state index in [-0.39, 0.29) is 0 Å². The van der Waals surface area contributed by atoms with Crippen molar-refractivity contribution < 1.29 is 0 Å². The molecule has 0 spiro atoms. The summed E-state index contributed by atoms with van der Waals surface area (Å²) in [6.07, 6.45) is 4.07. The Balaban J connectivity index is 1.80. The topological polar surface area (TPSA) is 38.0 Å². The van der Waals surface area contributed by atoms with Crippen molar-refractivity contribution in [3.63, 3.8) is 0 Å². The normalized spacial score (nSPS) is 16.5. The van der Waals surface area contributed by atoms with E-state index in [0.29, 0.717) is 0 Å². The van der Waals surface area contributed by atoms with Crippen molar-refractivity contribution in [2.45, 2.75) is 31.8 Å². The maximum Gasteiger partial charge on any atom is 0.0366 e. The number of benzene rings is 1. The lowest BCUT2D eigenvalue weighted by Gasteiger charge is -2.26. The molecule has 0 saturated heterocycles. The zero-order chi connectivity index (χ0) is 11.0. The molecule has 2 aromatic rings. The van der Waals surface area contributed by atoms with E-state index in [0.717, 1.165) is 18.3 Å². The molecular formula is C13H16N2S. The maximum absolute atomic E-state index is 5.78. The van der Waals surface area contributed by atoms with Gasteiger partial charge in [0.1, 0.15) is 0 Å². The highest BCUT2D eigenvalue weighted by atomic mass is 32.1. The highest BCUT2D eigenvalue weighted by molar-refractivity contribution is 7.17. The van der Waals surface area contributed by atoms with E-state index in [9.17, 15) is 0 Å². The molecule has 0 radical (unpaired) electrons. The molecule has 1 aliphatic rings. The minimum absolute atomic E-state index is 0.753. The Morgan fingerprint density at radius 2 is 2.25 bits per heavy atom. The molecule has 1 heterocycles. The first-order valence-electron chi connectivity index (χ1n) is 5.82. The molecule has 3 rings (SSSR count). The maximum atomic E-state index is 5.78. The highest BCUT2D eigenvalue weighted by Gasteiger charge is 2.16. The number of nitrogen functional groups attached to an aromatic ring is 1. The second-order valence-corrected chi connectivity index (χ2v) is 5.44. The Labute approximate surface area is 99.5 Å². The van der Waals surface area contributed by atoms with Crippen molar-refractivity contribution in [3.05, 3.63) is 29.1 Å². The van der Waals surface area contributed by atoms with Crippen LogP contribution < -0.4 is 11.1 Å². The van der Waals surface area contributed by atoms with Crippen molar-refractivity contribution in [2.75, 3.05) is 5.73 Å². The number of nitrogens with two attached hydrogens (primary N) is 1. The van der Waals surface area contributed by atoms with E-state index < -0.39 is 0 Å². The van der Waals surface area contributed by atoms with Crippen LogP contribution in [0.3, 0.4) is 0 Å². The Morgan fingerprint density at radius 1 is 1.38 bits per heavy atom. The zero-order valence-electron chi connectivity index (χ0n) is 9.20. The monoisotopic (exact) mass is 232 g/mol. The lowest BCUT2D eigenvalue weighted by Crippen LogP contribution is -2.34. The largest absolute Gasteiger partial charge is 0.399 e. The van der Waals surface area contributed by atoms with E-state index in [2.05, 4.69) is 22.8 Å². The molecule has 2 nitrogen and oxygen atoms in total. The fourth-order valence-corrected chi connectivity index (χ4v) is 3.11. The second-order valence-electron chi connectivity index (χ2n) is 4.53. The van der Waals surface area contributed by atoms with Gasteiger partial charge in [-0.3, -0.25) is 0 Å². The highest BCUT2D eigenvalue weighted by Crippen LogP contribution is 2.28. The summed E-state index contributed by atoms with van der Waals surface area (Å²) in [7, 11) is 0. The first-order valence-corrected chi connectivity index (χ1v) is 6.70. The van der Waals surface area contributed by atoms with Gasteiger partial charge in [-0.25, -0.2) is 0 Å². The molecule has 1 aromatic heterocycles. The van der Waals surface area contributed by atoms with Gasteiger partial charge >= 0.3 is 0 Å². The summed E-state index contributed by atoms with van der Waals surface area (Å²) in [5, 5.41) is 7.20. The van der Waals surface area contributed by atoms with Crippen LogP contribution in [0.15, 0.2) is 23.6 Å². The fraction of sp³-hybridized carbons (Fsp3) is 0.385. The SMILES string of the molecule is Nc1ccc2c(CNC3CCC3)csc2c1. The number of hydrogen-bond acceptors (Lipinski definition) is 3. The number of hydrogen-bond donors (Lipinski definition) is 2. The predicted octanol–water partition coefficient (Wildman–Crippen LogP) is 3.13. The Kier molecular flexibility index (Phi) is 2.58. The quantitative estimate of drug-likeness (QED) is 0.798. The first-order chi connectivity index (χ1) is 7.83. The molecule has 1 saturated carbocycles. The Morgan fingerprint density at radius 3 is 3.00 bits per heavy atom. The molecule has 0 aliphatic heterocycles. The molecule has 0 atom stereocenters. The average molecular weight is 232 g/mol. The Bertz CT molecular complexity index is 500. The van der Waals surface area contributed by atoms with Gasteiger partial charge in [-0.1, -0.05) is 12.5 Å². The van der Waals surface area contributed by atoms with Crippen molar-refractivity contribution in [2.24, 2.45) is 0 Å². The molecule has 16 heavy (non-hydrogen) atoms. The molecule has 0 amide bonds. The summed E-state index contributed by atoms with van der Waals surface area (Å²) in [5.41, 5.74) is 8.04. The van der Waals surface area contributed by atoms with E-state index in [1.165, 1.54) is 34.9 Å². The first kappa shape index (κ1) is 10.1. The van der Waals surface area contributed by atoms with E-state index in [4.69, 9.17) is 5.73 Å². The fourth-order valence-electron chi connectivity index (χ4n) is 2.10. The molecule has 1 fully saturated rings. The standard InChI is InChI=1S/C13H16N2S/c14-10-4-5-12-9(8-16-13(12)6-10)7-15-11-2-1-3-11/h4-6,8,11,15H,1-3,7,14H2. The third-order valence-corrected chi connectivity index (χ3v) is 4.36. The van der Waals surface area contributed by atoms with Crippen molar-refractivity contribution in [3.8, 4) is 0 Å². The number of nitrogens with one attached hydrogen (secondary N) is 1. The van der Waals surface area contributed by atoms with Crippen LogP contribution >= 0.6 is 11.3 Å². The molecule has 3 heteroatoms. The summed E-state index contributed by atoms with van der Waals surface area (Å²) >= 11 is 1.79. The van der Waals surface area contributed by atoms with E-state index >= 15 is 0 Å². The molecule has 0 unspecified atom stereocenters. The Hall–Kier alpha value is -1.06. The van der Waals surface area contributed by atoms with Crippen LogP contribution in [0, 0.1) is 0 Å². The van der Waals surface area contributed by atoms with Crippen LogP contribution in [0.4, 0.5) is 5.69 Å². The van der Waals surface area contributed by atoms with Crippen LogP contribution in [-0.4, -0.2) is 6.04 Å². The third kappa shape index (κ3) is 1.81. The number of rotatable bonds is 3. The van der Waals surface area contributed by atoms with E-state index in [1.54, 1.807) is 11.3 Å². The van der Waals surface area contributed by atoms with Gasteiger partial charge in [-0.2, -0.15) is 0 Å². The van der Waals surface area contributed by atoms with Crippen molar-refractivity contribution >= 4 is 27.1 Å². The number of anilines is 1. The van der Waals surface area contributed by atoms with Crippen molar-refractivity contribution in [1.82, 2.24) is 5.32 Å². The minimum Gasteiger partial charge on any atom is -0.399 e. The van der Waals surface area contributed by atoms with Crippen molar-refractivity contribution in [1.29, 1.82) is 0 Å². The summed E-state index contributed by atoms with van der Waals surface area (Å²) in [5.74, 6) is 0. The van der Waals surface area contributed by atoms with Gasteiger partial charge in [-0.15, -0.1) is 11.3 Å². The van der Waals surface area contributed by atoms with Crippen LogP contribution in [0.1, 0.15) is 24.8 Å². The lowest BCUT2D eigenvalue weighted by atomic mass is 9.93. The van der Waals surface area contributed by atoms with Gasteiger partial charge in [0, 0.05) is 23.0 Å². The summed E-state index contributed by atoms with van der Waals surface area (Å²) in [6, 6.07) is 6.94. The van der Waals surface area contributed by atoms with Gasteiger partial charge < -0.3 is 11.1 Å². The van der Waals surface area contributed by atoms with Crippen LogP contribution in [0.5, 0.6) is 0 Å². The summed E-state index contributed by atoms with van der Waals surface area (Å²) in [6.45, 7) is 0.995. The lowest BCUT2D eigenvalue weighted by molar-refractivity contribution is 0.339. The van der Waals surface area contributed by atoms with Gasteiger partial charge in [0.2, 0.25) is 0 Å². The van der Waals surface area contributed by atoms with Gasteiger partial charge in [-0.05, 0) is 41.3 Å². The summed E-state index contributed by atoms with van der Waals surface area (Å²) < 4.78 is 1.30. The number of thiophene rings is 1.